The first-order chi connectivity index (χ1) is 7.31. The number of nitrogens with zero attached hydrogens (tertiary/aromatic N) is 2. The van der Waals surface area contributed by atoms with E-state index in [1.165, 1.54) is 5.75 Å². The standard InChI is InChI=1S/C10H15N3OS/c1-2-13-5-4-11-9(10(13)14)12-8-3-6-15-7-8/h4-5,8H,2-3,6-7H2,1H3,(H,11,12). The van der Waals surface area contributed by atoms with Gasteiger partial charge in [-0.3, -0.25) is 4.79 Å². The highest BCUT2D eigenvalue weighted by Crippen LogP contribution is 2.19. The molecule has 0 saturated carbocycles. The lowest BCUT2D eigenvalue weighted by atomic mass is 10.3. The second kappa shape index (κ2) is 4.70. The van der Waals surface area contributed by atoms with Gasteiger partial charge < -0.3 is 9.88 Å². The molecule has 0 aliphatic carbocycles. The summed E-state index contributed by atoms with van der Waals surface area (Å²) in [7, 11) is 0. The fraction of sp³-hybridized carbons (Fsp3) is 0.600. The third kappa shape index (κ3) is 2.34. The van der Waals surface area contributed by atoms with Crippen LogP contribution in [0.5, 0.6) is 0 Å². The maximum atomic E-state index is 11.8. The highest BCUT2D eigenvalue weighted by molar-refractivity contribution is 7.99. The fourth-order valence-corrected chi connectivity index (χ4v) is 2.79. The van der Waals surface area contributed by atoms with Gasteiger partial charge in [-0.25, -0.2) is 4.98 Å². The minimum Gasteiger partial charge on any atom is -0.362 e. The zero-order valence-corrected chi connectivity index (χ0v) is 9.59. The molecular formula is C10H15N3OS. The van der Waals surface area contributed by atoms with E-state index in [1.807, 2.05) is 18.7 Å². The summed E-state index contributed by atoms with van der Waals surface area (Å²) >= 11 is 1.92. The minimum atomic E-state index is -0.0168. The molecule has 4 nitrogen and oxygen atoms in total. The first-order valence-corrected chi connectivity index (χ1v) is 6.36. The van der Waals surface area contributed by atoms with E-state index in [1.54, 1.807) is 17.0 Å². The summed E-state index contributed by atoms with van der Waals surface area (Å²) in [6.45, 7) is 2.64. The number of thioether (sulfide) groups is 1. The average Bonchev–Trinajstić information content (AvgIpc) is 2.74. The zero-order chi connectivity index (χ0) is 10.7. The molecule has 1 atom stereocenters. The molecule has 2 rings (SSSR count). The summed E-state index contributed by atoms with van der Waals surface area (Å²) in [5, 5.41) is 3.22. The SMILES string of the molecule is CCn1ccnc(NC2CCSC2)c1=O. The number of nitrogens with one attached hydrogen (secondary N) is 1. The number of rotatable bonds is 3. The molecule has 1 saturated heterocycles. The quantitative estimate of drug-likeness (QED) is 0.839. The number of anilines is 1. The third-order valence-electron chi connectivity index (χ3n) is 2.52. The monoisotopic (exact) mass is 225 g/mol. The van der Waals surface area contributed by atoms with Gasteiger partial charge in [0, 0.05) is 30.7 Å². The van der Waals surface area contributed by atoms with Crippen molar-refractivity contribution in [2.45, 2.75) is 25.9 Å². The first kappa shape index (κ1) is 10.5. The van der Waals surface area contributed by atoms with Crippen molar-refractivity contribution >= 4 is 17.6 Å². The third-order valence-corrected chi connectivity index (χ3v) is 3.69. The van der Waals surface area contributed by atoms with Crippen LogP contribution >= 0.6 is 11.8 Å². The van der Waals surface area contributed by atoms with E-state index in [9.17, 15) is 4.79 Å². The van der Waals surface area contributed by atoms with Crippen LogP contribution in [-0.4, -0.2) is 27.1 Å². The summed E-state index contributed by atoms with van der Waals surface area (Å²) in [4.78, 5) is 15.9. The first-order valence-electron chi connectivity index (χ1n) is 5.21. The van der Waals surface area contributed by atoms with Gasteiger partial charge in [0.25, 0.3) is 5.56 Å². The molecule has 5 heteroatoms. The van der Waals surface area contributed by atoms with Crippen LogP contribution in [0.1, 0.15) is 13.3 Å². The van der Waals surface area contributed by atoms with Crippen molar-refractivity contribution in [2.24, 2.45) is 0 Å². The molecule has 0 spiro atoms. The number of hydrogen-bond acceptors (Lipinski definition) is 4. The average molecular weight is 225 g/mol. The van der Waals surface area contributed by atoms with Crippen molar-refractivity contribution < 1.29 is 0 Å². The van der Waals surface area contributed by atoms with Crippen molar-refractivity contribution in [1.29, 1.82) is 0 Å². The molecule has 0 bridgehead atoms. The molecule has 82 valence electrons. The smallest absolute Gasteiger partial charge is 0.293 e. The lowest BCUT2D eigenvalue weighted by Crippen LogP contribution is -2.28. The maximum absolute atomic E-state index is 11.8. The Morgan fingerprint density at radius 1 is 1.73 bits per heavy atom. The van der Waals surface area contributed by atoms with E-state index < -0.39 is 0 Å². The Balaban J connectivity index is 2.17. The van der Waals surface area contributed by atoms with E-state index in [-0.39, 0.29) is 5.56 Å². The molecule has 1 aromatic rings. The van der Waals surface area contributed by atoms with Crippen LogP contribution in [0, 0.1) is 0 Å². The van der Waals surface area contributed by atoms with Crippen molar-refractivity contribution in [3.63, 3.8) is 0 Å². The van der Waals surface area contributed by atoms with Gasteiger partial charge in [-0.1, -0.05) is 0 Å². The van der Waals surface area contributed by atoms with Crippen LogP contribution in [-0.2, 0) is 6.54 Å². The summed E-state index contributed by atoms with van der Waals surface area (Å²) in [6.07, 6.45) is 4.51. The second-order valence-corrected chi connectivity index (χ2v) is 4.72. The zero-order valence-electron chi connectivity index (χ0n) is 8.77. The van der Waals surface area contributed by atoms with Crippen molar-refractivity contribution in [3.8, 4) is 0 Å². The van der Waals surface area contributed by atoms with Crippen LogP contribution in [0.3, 0.4) is 0 Å². The van der Waals surface area contributed by atoms with Gasteiger partial charge in [0.05, 0.1) is 0 Å². The second-order valence-electron chi connectivity index (χ2n) is 3.57. The predicted octanol–water partition coefficient (Wildman–Crippen LogP) is 1.18. The van der Waals surface area contributed by atoms with Gasteiger partial charge in [-0.05, 0) is 19.1 Å². The Bertz CT molecular complexity index is 384. The summed E-state index contributed by atoms with van der Waals surface area (Å²) in [6, 6.07) is 0.405. The number of hydrogen-bond donors (Lipinski definition) is 1. The number of aryl methyl sites for hydroxylation is 1. The van der Waals surface area contributed by atoms with Crippen molar-refractivity contribution in [2.75, 3.05) is 16.8 Å². The van der Waals surface area contributed by atoms with Crippen LogP contribution in [0.2, 0.25) is 0 Å². The van der Waals surface area contributed by atoms with Gasteiger partial charge in [-0.2, -0.15) is 11.8 Å². The molecule has 1 fully saturated rings. The van der Waals surface area contributed by atoms with Crippen LogP contribution in [0.25, 0.3) is 0 Å². The lowest BCUT2D eigenvalue weighted by Gasteiger charge is -2.12. The molecule has 2 heterocycles. The molecule has 0 amide bonds. The molecule has 1 N–H and O–H groups in total. The summed E-state index contributed by atoms with van der Waals surface area (Å²) in [5.41, 5.74) is -0.0168. The highest BCUT2D eigenvalue weighted by Gasteiger charge is 2.16. The highest BCUT2D eigenvalue weighted by atomic mass is 32.2. The summed E-state index contributed by atoms with van der Waals surface area (Å²) < 4.78 is 1.66. The Morgan fingerprint density at radius 3 is 3.27 bits per heavy atom. The van der Waals surface area contributed by atoms with Crippen LogP contribution in [0.4, 0.5) is 5.82 Å². The van der Waals surface area contributed by atoms with Crippen molar-refractivity contribution in [3.05, 3.63) is 22.7 Å². The molecule has 1 aromatic heterocycles. The van der Waals surface area contributed by atoms with Gasteiger partial charge in [-0.15, -0.1) is 0 Å². The predicted molar refractivity (Wildman–Crippen MR) is 63.5 cm³/mol. The minimum absolute atomic E-state index is 0.0168. The molecular weight excluding hydrogens is 210 g/mol. The Labute approximate surface area is 93.1 Å². The van der Waals surface area contributed by atoms with E-state index in [2.05, 4.69) is 10.3 Å². The molecule has 15 heavy (non-hydrogen) atoms. The molecule has 1 aliphatic rings. The normalized spacial score (nSPS) is 20.5. The largest absolute Gasteiger partial charge is 0.362 e. The Morgan fingerprint density at radius 2 is 2.60 bits per heavy atom. The molecule has 0 radical (unpaired) electrons. The molecule has 0 aromatic carbocycles. The molecule has 1 unspecified atom stereocenters. The topological polar surface area (TPSA) is 46.9 Å². The lowest BCUT2D eigenvalue weighted by molar-refractivity contribution is 0.711. The number of aromatic nitrogens is 2. The van der Waals surface area contributed by atoms with Crippen LogP contribution < -0.4 is 10.9 Å². The van der Waals surface area contributed by atoms with Gasteiger partial charge in [0.2, 0.25) is 0 Å². The maximum Gasteiger partial charge on any atom is 0.293 e. The Kier molecular flexibility index (Phi) is 3.30. The van der Waals surface area contributed by atoms with Crippen molar-refractivity contribution in [1.82, 2.24) is 9.55 Å². The van der Waals surface area contributed by atoms with Gasteiger partial charge in [0.15, 0.2) is 5.82 Å². The van der Waals surface area contributed by atoms with E-state index in [0.717, 1.165) is 12.2 Å². The van der Waals surface area contributed by atoms with E-state index >= 15 is 0 Å². The summed E-state index contributed by atoms with van der Waals surface area (Å²) in [5.74, 6) is 2.74. The van der Waals surface area contributed by atoms with E-state index in [4.69, 9.17) is 0 Å². The molecule has 1 aliphatic heterocycles. The van der Waals surface area contributed by atoms with Gasteiger partial charge in [0.1, 0.15) is 0 Å². The fourth-order valence-electron chi connectivity index (χ4n) is 1.64. The van der Waals surface area contributed by atoms with Gasteiger partial charge >= 0.3 is 0 Å². The van der Waals surface area contributed by atoms with E-state index in [0.29, 0.717) is 18.4 Å². The van der Waals surface area contributed by atoms with Crippen LogP contribution in [0.15, 0.2) is 17.2 Å². The Hall–Kier alpha value is -0.970.